The number of fused-ring (bicyclic) bond motifs is 1. The smallest absolute Gasteiger partial charge is 0.138 e. The standard InChI is InChI=1S/C16H16ClN3O2/c1-11-6-7-13(17)16(8-11)22-10-12(21)9-20-15-5-3-2-4-14(15)18-19-20/h2-8,12,21H,9-10H2,1H3/t12-/m1/s1. The molecule has 114 valence electrons. The predicted octanol–water partition coefficient (Wildman–Crippen LogP) is 2.83. The Morgan fingerprint density at radius 1 is 1.27 bits per heavy atom. The number of hydrogen-bond donors (Lipinski definition) is 1. The van der Waals surface area contributed by atoms with E-state index in [9.17, 15) is 5.11 Å². The van der Waals surface area contributed by atoms with Gasteiger partial charge in [0.05, 0.1) is 17.1 Å². The van der Waals surface area contributed by atoms with Crippen molar-refractivity contribution in [2.75, 3.05) is 6.61 Å². The lowest BCUT2D eigenvalue weighted by Crippen LogP contribution is -2.24. The second kappa shape index (κ2) is 6.34. The second-order valence-corrected chi connectivity index (χ2v) is 5.57. The molecule has 0 saturated heterocycles. The van der Waals surface area contributed by atoms with Gasteiger partial charge in [-0.2, -0.15) is 0 Å². The molecule has 0 aliphatic rings. The van der Waals surface area contributed by atoms with Crippen molar-refractivity contribution in [2.24, 2.45) is 0 Å². The first-order chi connectivity index (χ1) is 10.6. The molecule has 0 radical (unpaired) electrons. The van der Waals surface area contributed by atoms with E-state index in [0.29, 0.717) is 17.3 Å². The number of aryl methyl sites for hydroxylation is 1. The molecule has 6 heteroatoms. The maximum Gasteiger partial charge on any atom is 0.138 e. The quantitative estimate of drug-likeness (QED) is 0.786. The van der Waals surface area contributed by atoms with E-state index >= 15 is 0 Å². The van der Waals surface area contributed by atoms with Crippen molar-refractivity contribution in [3.63, 3.8) is 0 Å². The zero-order valence-corrected chi connectivity index (χ0v) is 12.9. The van der Waals surface area contributed by atoms with Gasteiger partial charge < -0.3 is 9.84 Å². The van der Waals surface area contributed by atoms with E-state index < -0.39 is 6.10 Å². The normalized spacial score (nSPS) is 12.5. The van der Waals surface area contributed by atoms with Crippen molar-refractivity contribution in [3.8, 4) is 5.75 Å². The molecule has 0 aliphatic heterocycles. The van der Waals surface area contributed by atoms with Gasteiger partial charge in [-0.1, -0.05) is 35.0 Å². The first-order valence-electron chi connectivity index (χ1n) is 6.99. The molecule has 1 N–H and O–H groups in total. The molecule has 1 aromatic heterocycles. The van der Waals surface area contributed by atoms with Gasteiger partial charge in [0.1, 0.15) is 24.0 Å². The minimum absolute atomic E-state index is 0.136. The molecule has 1 heterocycles. The Kier molecular flexibility index (Phi) is 4.27. The van der Waals surface area contributed by atoms with Crippen LogP contribution in [0.4, 0.5) is 0 Å². The fourth-order valence-electron chi connectivity index (χ4n) is 2.21. The van der Waals surface area contributed by atoms with E-state index in [1.807, 2.05) is 43.3 Å². The summed E-state index contributed by atoms with van der Waals surface area (Å²) >= 11 is 6.07. The van der Waals surface area contributed by atoms with Gasteiger partial charge in [-0.3, -0.25) is 0 Å². The summed E-state index contributed by atoms with van der Waals surface area (Å²) in [6.07, 6.45) is -0.707. The summed E-state index contributed by atoms with van der Waals surface area (Å²) in [6.45, 7) is 2.41. The molecule has 0 fully saturated rings. The van der Waals surface area contributed by atoms with Crippen molar-refractivity contribution < 1.29 is 9.84 Å². The third-order valence-corrected chi connectivity index (χ3v) is 3.63. The van der Waals surface area contributed by atoms with E-state index in [1.54, 1.807) is 10.7 Å². The molecule has 5 nitrogen and oxygen atoms in total. The maximum absolute atomic E-state index is 10.1. The number of aliphatic hydroxyl groups is 1. The average molecular weight is 318 g/mol. The van der Waals surface area contributed by atoms with Crippen LogP contribution in [0.15, 0.2) is 42.5 Å². The maximum atomic E-state index is 10.1. The third-order valence-electron chi connectivity index (χ3n) is 3.32. The highest BCUT2D eigenvalue weighted by Crippen LogP contribution is 2.25. The van der Waals surface area contributed by atoms with Crippen molar-refractivity contribution >= 4 is 22.6 Å². The van der Waals surface area contributed by atoms with Gasteiger partial charge in [0.2, 0.25) is 0 Å². The highest BCUT2D eigenvalue weighted by molar-refractivity contribution is 6.32. The van der Waals surface area contributed by atoms with Crippen molar-refractivity contribution in [2.45, 2.75) is 19.6 Å². The number of nitrogens with zero attached hydrogens (tertiary/aromatic N) is 3. The van der Waals surface area contributed by atoms with Crippen molar-refractivity contribution in [1.29, 1.82) is 0 Å². The lowest BCUT2D eigenvalue weighted by Gasteiger charge is -2.14. The van der Waals surface area contributed by atoms with Gasteiger partial charge in [-0.15, -0.1) is 5.10 Å². The van der Waals surface area contributed by atoms with E-state index in [1.165, 1.54) is 0 Å². The minimum Gasteiger partial charge on any atom is -0.489 e. The average Bonchev–Trinajstić information content (AvgIpc) is 2.91. The summed E-state index contributed by atoms with van der Waals surface area (Å²) in [4.78, 5) is 0. The molecule has 3 aromatic rings. The molecule has 22 heavy (non-hydrogen) atoms. The fraction of sp³-hybridized carbons (Fsp3) is 0.250. The van der Waals surface area contributed by atoms with Crippen molar-refractivity contribution in [1.82, 2.24) is 15.0 Å². The fourth-order valence-corrected chi connectivity index (χ4v) is 2.38. The summed E-state index contributed by atoms with van der Waals surface area (Å²) in [5.74, 6) is 0.573. The van der Waals surface area contributed by atoms with Gasteiger partial charge in [0.25, 0.3) is 0 Å². The van der Waals surface area contributed by atoms with Crippen LogP contribution in [0.2, 0.25) is 5.02 Å². The van der Waals surface area contributed by atoms with Gasteiger partial charge in [0.15, 0.2) is 0 Å². The lowest BCUT2D eigenvalue weighted by molar-refractivity contribution is 0.0900. The Morgan fingerprint density at radius 3 is 2.95 bits per heavy atom. The van der Waals surface area contributed by atoms with Gasteiger partial charge in [-0.25, -0.2) is 4.68 Å². The summed E-state index contributed by atoms with van der Waals surface area (Å²) in [5.41, 5.74) is 2.74. The highest BCUT2D eigenvalue weighted by atomic mass is 35.5. The van der Waals surface area contributed by atoms with Crippen LogP contribution in [0.3, 0.4) is 0 Å². The van der Waals surface area contributed by atoms with Crippen molar-refractivity contribution in [3.05, 3.63) is 53.1 Å². The summed E-state index contributed by atoms with van der Waals surface area (Å²) < 4.78 is 7.26. The predicted molar refractivity (Wildman–Crippen MR) is 85.2 cm³/mol. The summed E-state index contributed by atoms with van der Waals surface area (Å²) in [7, 11) is 0. The number of para-hydroxylation sites is 1. The molecular formula is C16H16ClN3O2. The monoisotopic (exact) mass is 317 g/mol. The number of aromatic nitrogens is 3. The minimum atomic E-state index is -0.707. The Bertz CT molecular complexity index is 788. The van der Waals surface area contributed by atoms with Crippen LogP contribution in [0.25, 0.3) is 11.0 Å². The van der Waals surface area contributed by atoms with E-state index in [0.717, 1.165) is 16.6 Å². The van der Waals surface area contributed by atoms with Crippen LogP contribution in [-0.2, 0) is 6.54 Å². The molecule has 2 aromatic carbocycles. The molecule has 0 aliphatic carbocycles. The first-order valence-corrected chi connectivity index (χ1v) is 7.36. The topological polar surface area (TPSA) is 60.2 Å². The Balaban J connectivity index is 1.65. The number of halogens is 1. The zero-order valence-electron chi connectivity index (χ0n) is 12.1. The highest BCUT2D eigenvalue weighted by Gasteiger charge is 2.11. The SMILES string of the molecule is Cc1ccc(Cl)c(OC[C@H](O)Cn2nnc3ccccc32)c1. The molecule has 0 spiro atoms. The number of benzene rings is 2. The van der Waals surface area contributed by atoms with Gasteiger partial charge >= 0.3 is 0 Å². The molecular weight excluding hydrogens is 302 g/mol. The van der Waals surface area contributed by atoms with Gasteiger partial charge in [0, 0.05) is 0 Å². The second-order valence-electron chi connectivity index (χ2n) is 5.16. The van der Waals surface area contributed by atoms with Crippen LogP contribution in [0, 0.1) is 6.92 Å². The third kappa shape index (κ3) is 3.21. The number of rotatable bonds is 5. The van der Waals surface area contributed by atoms with Crippen LogP contribution in [-0.4, -0.2) is 32.8 Å². The molecule has 0 bridgehead atoms. The molecule has 0 unspecified atom stereocenters. The Hall–Kier alpha value is -2.11. The Morgan fingerprint density at radius 2 is 2.09 bits per heavy atom. The molecule has 0 amide bonds. The van der Waals surface area contributed by atoms with Crippen LogP contribution in [0.5, 0.6) is 5.75 Å². The summed E-state index contributed by atoms with van der Waals surface area (Å²) in [6, 6.07) is 13.2. The lowest BCUT2D eigenvalue weighted by atomic mass is 10.2. The number of aliphatic hydroxyl groups excluding tert-OH is 1. The molecule has 1 atom stereocenters. The Labute approximate surface area is 133 Å². The number of ether oxygens (including phenoxy) is 1. The first kappa shape index (κ1) is 14.8. The zero-order chi connectivity index (χ0) is 15.5. The summed E-state index contributed by atoms with van der Waals surface area (Å²) in [5, 5.41) is 18.8. The largest absolute Gasteiger partial charge is 0.489 e. The van der Waals surface area contributed by atoms with Gasteiger partial charge in [-0.05, 0) is 36.8 Å². The van der Waals surface area contributed by atoms with Crippen LogP contribution < -0.4 is 4.74 Å². The van der Waals surface area contributed by atoms with Crippen LogP contribution in [0.1, 0.15) is 5.56 Å². The number of hydrogen-bond acceptors (Lipinski definition) is 4. The van der Waals surface area contributed by atoms with Crippen LogP contribution >= 0.6 is 11.6 Å². The molecule has 3 rings (SSSR count). The molecule has 0 saturated carbocycles. The van der Waals surface area contributed by atoms with E-state index in [2.05, 4.69) is 10.3 Å². The van der Waals surface area contributed by atoms with E-state index in [4.69, 9.17) is 16.3 Å². The van der Waals surface area contributed by atoms with E-state index in [-0.39, 0.29) is 6.61 Å².